The average Bonchev–Trinajstić information content (AvgIpc) is 3.03. The molecule has 2 aromatic carbocycles. The van der Waals surface area contributed by atoms with E-state index in [1.54, 1.807) is 31.2 Å². The van der Waals surface area contributed by atoms with Crippen LogP contribution in [0.4, 0.5) is 5.69 Å². The van der Waals surface area contributed by atoms with Gasteiger partial charge < -0.3 is 9.47 Å². The van der Waals surface area contributed by atoms with Crippen molar-refractivity contribution in [1.82, 2.24) is 0 Å². The molecule has 0 aliphatic carbocycles. The van der Waals surface area contributed by atoms with E-state index in [1.807, 2.05) is 0 Å². The van der Waals surface area contributed by atoms with E-state index in [-0.39, 0.29) is 40.3 Å². The number of cyclic esters (lactones) is 1. The Kier molecular flexibility index (Phi) is 5.51. The fraction of sp³-hybridized carbons (Fsp3) is 0.105. The summed E-state index contributed by atoms with van der Waals surface area (Å²) in [6.45, 7) is 1.69. The third kappa shape index (κ3) is 4.24. The number of nitrogens with zero attached hydrogens (tertiary/aromatic N) is 2. The lowest BCUT2D eigenvalue weighted by Gasteiger charge is -2.02. The molecule has 0 spiro atoms. The van der Waals surface area contributed by atoms with Crippen molar-refractivity contribution < 1.29 is 24.0 Å². The van der Waals surface area contributed by atoms with E-state index in [0.29, 0.717) is 11.3 Å². The second-order valence-corrected chi connectivity index (χ2v) is 6.06. The minimum atomic E-state index is -0.709. The lowest BCUT2D eigenvalue weighted by atomic mass is 10.2. The van der Waals surface area contributed by atoms with E-state index in [0.717, 1.165) is 0 Å². The minimum absolute atomic E-state index is 0.0101. The highest BCUT2D eigenvalue weighted by Crippen LogP contribution is 2.27. The maximum Gasteiger partial charge on any atom is 0.363 e. The van der Waals surface area contributed by atoms with E-state index in [2.05, 4.69) is 4.99 Å². The summed E-state index contributed by atoms with van der Waals surface area (Å²) in [5.41, 5.74) is 0.580. The molecule has 2 aromatic rings. The van der Waals surface area contributed by atoms with Crippen LogP contribution in [0, 0.1) is 10.1 Å². The van der Waals surface area contributed by atoms with Gasteiger partial charge in [-0.2, -0.15) is 0 Å². The normalized spacial score (nSPS) is 14.6. The molecular formula is C19H13ClN2O6. The molecule has 0 fully saturated rings. The molecule has 9 heteroatoms. The van der Waals surface area contributed by atoms with Crippen LogP contribution in [0.3, 0.4) is 0 Å². The fourth-order valence-electron chi connectivity index (χ4n) is 2.31. The summed E-state index contributed by atoms with van der Waals surface area (Å²) in [6, 6.07) is 10.2. The van der Waals surface area contributed by atoms with Crippen LogP contribution in [0.1, 0.15) is 24.5 Å². The molecule has 0 bridgehead atoms. The van der Waals surface area contributed by atoms with Crippen LogP contribution in [0.2, 0.25) is 5.02 Å². The number of nitro benzene ring substituents is 1. The second-order valence-electron chi connectivity index (χ2n) is 5.65. The van der Waals surface area contributed by atoms with Gasteiger partial charge in [0.2, 0.25) is 5.90 Å². The van der Waals surface area contributed by atoms with Gasteiger partial charge in [-0.3, -0.25) is 14.9 Å². The molecule has 142 valence electrons. The number of ether oxygens (including phenoxy) is 2. The smallest absolute Gasteiger partial charge is 0.363 e. The summed E-state index contributed by atoms with van der Waals surface area (Å²) in [6.07, 6.45) is 1.74. The predicted molar refractivity (Wildman–Crippen MR) is 101 cm³/mol. The maximum atomic E-state index is 12.1. The Morgan fingerprint density at radius 2 is 2.00 bits per heavy atom. The number of halogens is 1. The zero-order valence-electron chi connectivity index (χ0n) is 14.5. The Morgan fingerprint density at radius 1 is 1.29 bits per heavy atom. The maximum absolute atomic E-state index is 12.1. The number of carbonyl (C=O) groups is 2. The third-order valence-corrected chi connectivity index (χ3v) is 4.05. The van der Waals surface area contributed by atoms with Crippen molar-refractivity contribution in [3.8, 4) is 5.75 Å². The summed E-state index contributed by atoms with van der Waals surface area (Å²) in [4.78, 5) is 37.8. The summed E-state index contributed by atoms with van der Waals surface area (Å²) in [5, 5.41) is 11.1. The SMILES string of the molecule is CCC(=O)Oc1ccc(/C=C2\N=C(c3cc([N+](=O)[O-])ccc3Cl)OC2=O)cc1. The number of aliphatic imine (C=N–C) groups is 1. The number of esters is 2. The zero-order chi connectivity index (χ0) is 20.3. The summed E-state index contributed by atoms with van der Waals surface area (Å²) < 4.78 is 10.2. The van der Waals surface area contributed by atoms with Gasteiger partial charge in [0.25, 0.3) is 5.69 Å². The van der Waals surface area contributed by atoms with Crippen LogP contribution in [0.25, 0.3) is 6.08 Å². The first-order valence-electron chi connectivity index (χ1n) is 8.15. The summed E-state index contributed by atoms with van der Waals surface area (Å²) in [5.74, 6) is -0.790. The Bertz CT molecular complexity index is 1030. The quantitative estimate of drug-likeness (QED) is 0.247. The van der Waals surface area contributed by atoms with Gasteiger partial charge in [0, 0.05) is 18.6 Å². The molecule has 1 aliphatic rings. The van der Waals surface area contributed by atoms with Gasteiger partial charge in [-0.1, -0.05) is 30.7 Å². The molecule has 0 saturated heterocycles. The van der Waals surface area contributed by atoms with Crippen LogP contribution in [-0.4, -0.2) is 22.8 Å². The Balaban J connectivity index is 1.87. The molecule has 0 amide bonds. The van der Waals surface area contributed by atoms with Crippen molar-refractivity contribution in [2.75, 3.05) is 0 Å². The molecule has 1 aliphatic heterocycles. The van der Waals surface area contributed by atoms with E-state index in [4.69, 9.17) is 21.1 Å². The lowest BCUT2D eigenvalue weighted by Crippen LogP contribution is -2.06. The first-order chi connectivity index (χ1) is 13.4. The molecule has 0 unspecified atom stereocenters. The molecule has 1 heterocycles. The number of rotatable bonds is 5. The highest BCUT2D eigenvalue weighted by Gasteiger charge is 2.27. The van der Waals surface area contributed by atoms with Crippen molar-refractivity contribution in [2.24, 2.45) is 4.99 Å². The number of non-ortho nitro benzene ring substituents is 1. The number of hydrogen-bond acceptors (Lipinski definition) is 7. The number of hydrogen-bond donors (Lipinski definition) is 0. The first-order valence-corrected chi connectivity index (χ1v) is 8.53. The van der Waals surface area contributed by atoms with Gasteiger partial charge in [0.05, 0.1) is 15.5 Å². The van der Waals surface area contributed by atoms with Gasteiger partial charge in [-0.25, -0.2) is 9.79 Å². The first kappa shape index (κ1) is 19.2. The van der Waals surface area contributed by atoms with Crippen LogP contribution >= 0.6 is 11.6 Å². The van der Waals surface area contributed by atoms with E-state index >= 15 is 0 Å². The molecule has 0 saturated carbocycles. The highest BCUT2D eigenvalue weighted by atomic mass is 35.5. The molecule has 8 nitrogen and oxygen atoms in total. The Labute approximate surface area is 164 Å². The Morgan fingerprint density at radius 3 is 2.64 bits per heavy atom. The predicted octanol–water partition coefficient (Wildman–Crippen LogP) is 3.91. The van der Waals surface area contributed by atoms with Crippen molar-refractivity contribution >= 4 is 41.2 Å². The zero-order valence-corrected chi connectivity index (χ0v) is 15.3. The van der Waals surface area contributed by atoms with Gasteiger partial charge in [0.15, 0.2) is 5.70 Å². The van der Waals surface area contributed by atoms with Crippen molar-refractivity contribution in [2.45, 2.75) is 13.3 Å². The number of nitro groups is 1. The topological polar surface area (TPSA) is 108 Å². The van der Waals surface area contributed by atoms with Gasteiger partial charge >= 0.3 is 11.9 Å². The number of benzene rings is 2. The Hall–Kier alpha value is -3.52. The molecule has 28 heavy (non-hydrogen) atoms. The molecule has 0 N–H and O–H groups in total. The van der Waals surface area contributed by atoms with Crippen molar-refractivity contribution in [1.29, 1.82) is 0 Å². The second kappa shape index (κ2) is 8.01. The van der Waals surface area contributed by atoms with Gasteiger partial charge in [0.1, 0.15) is 5.75 Å². The van der Waals surface area contributed by atoms with Crippen molar-refractivity contribution in [3.63, 3.8) is 0 Å². The average molecular weight is 401 g/mol. The number of carbonyl (C=O) groups excluding carboxylic acids is 2. The minimum Gasteiger partial charge on any atom is -0.427 e. The van der Waals surface area contributed by atoms with Crippen LogP contribution in [0.5, 0.6) is 5.75 Å². The summed E-state index contributed by atoms with van der Waals surface area (Å²) >= 11 is 6.05. The molecule has 0 aromatic heterocycles. The van der Waals surface area contributed by atoms with E-state index < -0.39 is 10.9 Å². The lowest BCUT2D eigenvalue weighted by molar-refractivity contribution is -0.384. The van der Waals surface area contributed by atoms with Crippen LogP contribution in [-0.2, 0) is 14.3 Å². The van der Waals surface area contributed by atoms with E-state index in [9.17, 15) is 19.7 Å². The molecule has 3 rings (SSSR count). The monoisotopic (exact) mass is 400 g/mol. The third-order valence-electron chi connectivity index (χ3n) is 3.72. The fourth-order valence-corrected chi connectivity index (χ4v) is 2.51. The largest absolute Gasteiger partial charge is 0.427 e. The summed E-state index contributed by atoms with van der Waals surface area (Å²) in [7, 11) is 0. The van der Waals surface area contributed by atoms with Gasteiger partial charge in [-0.15, -0.1) is 0 Å². The molecule has 0 radical (unpaired) electrons. The standard InChI is InChI=1S/C19H13ClN2O6/c1-2-17(23)27-13-6-3-11(4-7-13)9-16-19(24)28-18(21-16)14-10-12(22(25)26)5-8-15(14)20/h3-10H,2H2,1H3/b16-9-. The van der Waals surface area contributed by atoms with Crippen LogP contribution < -0.4 is 4.74 Å². The van der Waals surface area contributed by atoms with Crippen molar-refractivity contribution in [3.05, 3.63) is 74.4 Å². The van der Waals surface area contributed by atoms with Gasteiger partial charge in [-0.05, 0) is 29.8 Å². The van der Waals surface area contributed by atoms with Crippen LogP contribution in [0.15, 0.2) is 53.2 Å². The molecular weight excluding hydrogens is 388 g/mol. The van der Waals surface area contributed by atoms with E-state index in [1.165, 1.54) is 24.3 Å². The molecule has 0 atom stereocenters. The highest BCUT2D eigenvalue weighted by molar-refractivity contribution is 6.34.